The Morgan fingerprint density at radius 2 is 1.67 bits per heavy atom. The molecule has 1 fully saturated rings. The number of hydrogen-bond donors (Lipinski definition) is 0. The Kier molecular flexibility index (Phi) is 4.97. The number of ketones is 3. The van der Waals surface area contributed by atoms with Gasteiger partial charge in [0.25, 0.3) is 0 Å². The number of nitrogens with zero attached hydrogens (tertiary/aromatic N) is 1. The summed E-state index contributed by atoms with van der Waals surface area (Å²) in [5, 5.41) is 0. The first-order valence-electron chi connectivity index (χ1n) is 12.1. The summed E-state index contributed by atoms with van der Waals surface area (Å²) in [7, 11) is 0. The zero-order valence-electron chi connectivity index (χ0n) is 19.9. The van der Waals surface area contributed by atoms with Crippen LogP contribution >= 0.6 is 0 Å². The maximum atomic E-state index is 14.4. The normalized spacial score (nSPS) is 23.0. The molecule has 3 aliphatic rings. The van der Waals surface area contributed by atoms with E-state index in [9.17, 15) is 18.8 Å². The minimum Gasteiger partial charge on any atom is -0.494 e. The third-order valence-electron chi connectivity index (χ3n) is 7.74. The van der Waals surface area contributed by atoms with E-state index in [1.54, 1.807) is 48.6 Å². The molecule has 3 aromatic rings. The van der Waals surface area contributed by atoms with Crippen molar-refractivity contribution in [3.63, 3.8) is 0 Å². The van der Waals surface area contributed by atoms with Crippen LogP contribution in [0.25, 0.3) is 6.08 Å². The Hall–Kier alpha value is -4.06. The highest BCUT2D eigenvalue weighted by Gasteiger charge is 2.71. The van der Waals surface area contributed by atoms with E-state index in [2.05, 4.69) is 0 Å². The number of carbonyl (C=O) groups excluding carboxylic acids is 3. The SMILES string of the molecule is CCOc1ccccc1[C@@H]1[C@H](C(C)=O)N2c3ccc(F)cc3C=C[C@H]2C12C(=O)c1ccccc1C2=O. The Morgan fingerprint density at radius 3 is 2.33 bits per heavy atom. The molecule has 0 radical (unpaired) electrons. The summed E-state index contributed by atoms with van der Waals surface area (Å²) in [4.78, 5) is 44.1. The highest BCUT2D eigenvalue weighted by molar-refractivity contribution is 6.32. The molecule has 0 amide bonds. The van der Waals surface area contributed by atoms with Crippen molar-refractivity contribution >= 4 is 29.1 Å². The molecule has 1 aliphatic carbocycles. The Morgan fingerprint density at radius 1 is 1.00 bits per heavy atom. The highest BCUT2D eigenvalue weighted by atomic mass is 19.1. The highest BCUT2D eigenvalue weighted by Crippen LogP contribution is 2.61. The van der Waals surface area contributed by atoms with Crippen molar-refractivity contribution in [2.45, 2.75) is 31.8 Å². The number of rotatable bonds is 4. The van der Waals surface area contributed by atoms with Crippen molar-refractivity contribution < 1.29 is 23.5 Å². The standard InChI is InChI=1S/C30H24FNO4/c1-3-36-24-11-7-6-10-22(24)26-27(17(2)33)32-23-14-13-19(31)16-18(23)12-15-25(32)30(26)28(34)20-8-4-5-9-21(20)29(30)35/h4-16,25-27H,3H2,1-2H3/t25-,26+,27-/m0/s1. The predicted octanol–water partition coefficient (Wildman–Crippen LogP) is 5.25. The molecule has 6 heteroatoms. The lowest BCUT2D eigenvalue weighted by atomic mass is 9.64. The molecule has 0 unspecified atom stereocenters. The van der Waals surface area contributed by atoms with E-state index in [4.69, 9.17) is 4.74 Å². The maximum Gasteiger partial charge on any atom is 0.180 e. The molecule has 2 heterocycles. The fourth-order valence-electron chi connectivity index (χ4n) is 6.47. The van der Waals surface area contributed by atoms with Gasteiger partial charge >= 0.3 is 0 Å². The van der Waals surface area contributed by atoms with Gasteiger partial charge in [-0.1, -0.05) is 54.6 Å². The first kappa shape index (κ1) is 22.4. The summed E-state index contributed by atoms with van der Waals surface area (Å²) in [6, 6.07) is 17.0. The first-order valence-corrected chi connectivity index (χ1v) is 12.1. The average molecular weight is 482 g/mol. The van der Waals surface area contributed by atoms with Gasteiger partial charge in [-0.3, -0.25) is 14.4 Å². The van der Waals surface area contributed by atoms with Crippen molar-refractivity contribution in [3.8, 4) is 5.75 Å². The van der Waals surface area contributed by atoms with Crippen molar-refractivity contribution in [1.29, 1.82) is 0 Å². The molecule has 1 spiro atoms. The summed E-state index contributed by atoms with van der Waals surface area (Å²) in [5.41, 5.74) is 1.02. The molecular formula is C30H24FNO4. The fourth-order valence-corrected chi connectivity index (χ4v) is 6.47. The topological polar surface area (TPSA) is 63.7 Å². The molecule has 2 aliphatic heterocycles. The number of para-hydroxylation sites is 1. The maximum absolute atomic E-state index is 14.4. The molecule has 0 bridgehead atoms. The van der Waals surface area contributed by atoms with Gasteiger partial charge in [-0.05, 0) is 38.1 Å². The molecule has 36 heavy (non-hydrogen) atoms. The van der Waals surface area contributed by atoms with Gasteiger partial charge in [0.2, 0.25) is 0 Å². The predicted molar refractivity (Wildman–Crippen MR) is 134 cm³/mol. The molecule has 0 saturated carbocycles. The lowest BCUT2D eigenvalue weighted by molar-refractivity contribution is -0.118. The van der Waals surface area contributed by atoms with E-state index >= 15 is 0 Å². The molecule has 0 N–H and O–H groups in total. The van der Waals surface area contributed by atoms with Crippen LogP contribution in [0.5, 0.6) is 5.75 Å². The number of ether oxygens (including phenoxy) is 1. The summed E-state index contributed by atoms with van der Waals surface area (Å²) >= 11 is 0. The van der Waals surface area contributed by atoms with E-state index in [0.29, 0.717) is 40.3 Å². The first-order chi connectivity index (χ1) is 17.4. The van der Waals surface area contributed by atoms with Crippen molar-refractivity contribution in [3.05, 3.63) is 101 Å². The zero-order chi connectivity index (χ0) is 25.2. The molecule has 180 valence electrons. The minimum atomic E-state index is -1.57. The Bertz CT molecular complexity index is 1440. The zero-order valence-corrected chi connectivity index (χ0v) is 19.9. The monoisotopic (exact) mass is 481 g/mol. The van der Waals surface area contributed by atoms with Crippen LogP contribution in [0.15, 0.2) is 72.8 Å². The molecule has 0 aromatic heterocycles. The molecule has 1 saturated heterocycles. The lowest BCUT2D eigenvalue weighted by Crippen LogP contribution is -2.48. The summed E-state index contributed by atoms with van der Waals surface area (Å²) in [6.07, 6.45) is 3.53. The number of carbonyl (C=O) groups is 3. The largest absolute Gasteiger partial charge is 0.494 e. The third kappa shape index (κ3) is 2.78. The summed E-state index contributed by atoms with van der Waals surface area (Å²) < 4.78 is 20.1. The van der Waals surface area contributed by atoms with Crippen LogP contribution in [-0.4, -0.2) is 36.0 Å². The number of Topliss-reactive ketones (excluding diaryl/α,β-unsaturated/α-hetero) is 3. The number of fused-ring (bicyclic) bond motifs is 5. The van der Waals surface area contributed by atoms with Gasteiger partial charge in [-0.15, -0.1) is 0 Å². The van der Waals surface area contributed by atoms with Crippen LogP contribution in [0.1, 0.15) is 51.6 Å². The van der Waals surface area contributed by atoms with Gasteiger partial charge in [0.15, 0.2) is 17.3 Å². The second kappa shape index (κ2) is 7.98. The number of anilines is 1. The van der Waals surface area contributed by atoms with Crippen LogP contribution in [0, 0.1) is 11.2 Å². The minimum absolute atomic E-state index is 0.185. The number of benzene rings is 3. The van der Waals surface area contributed by atoms with Crippen LogP contribution in [0.2, 0.25) is 0 Å². The van der Waals surface area contributed by atoms with Crippen LogP contribution in [0.3, 0.4) is 0 Å². The summed E-state index contributed by atoms with van der Waals surface area (Å²) in [6.45, 7) is 3.73. The van der Waals surface area contributed by atoms with Gasteiger partial charge < -0.3 is 9.64 Å². The van der Waals surface area contributed by atoms with Gasteiger partial charge in [-0.2, -0.15) is 0 Å². The van der Waals surface area contributed by atoms with Gasteiger partial charge in [0, 0.05) is 33.9 Å². The molecule has 3 aromatic carbocycles. The fraction of sp³-hybridized carbons (Fsp3) is 0.233. The van der Waals surface area contributed by atoms with Crippen molar-refractivity contribution in [2.24, 2.45) is 5.41 Å². The third-order valence-corrected chi connectivity index (χ3v) is 7.74. The van der Waals surface area contributed by atoms with E-state index < -0.39 is 29.2 Å². The van der Waals surface area contributed by atoms with E-state index in [1.807, 2.05) is 30.0 Å². The van der Waals surface area contributed by atoms with Crippen LogP contribution in [0.4, 0.5) is 10.1 Å². The Balaban J connectivity index is 1.69. The Labute approximate surface area is 208 Å². The molecule has 3 atom stereocenters. The van der Waals surface area contributed by atoms with Crippen molar-refractivity contribution in [2.75, 3.05) is 11.5 Å². The molecular weight excluding hydrogens is 457 g/mol. The molecule has 5 nitrogen and oxygen atoms in total. The quantitative estimate of drug-likeness (QED) is 0.477. The average Bonchev–Trinajstić information content (AvgIpc) is 3.31. The number of halogens is 1. The van der Waals surface area contributed by atoms with E-state index in [-0.39, 0.29) is 17.3 Å². The summed E-state index contributed by atoms with van der Waals surface area (Å²) in [5.74, 6) is -1.45. The lowest BCUT2D eigenvalue weighted by Gasteiger charge is -2.37. The second-order valence-corrected chi connectivity index (χ2v) is 9.49. The van der Waals surface area contributed by atoms with Crippen LogP contribution < -0.4 is 9.64 Å². The van der Waals surface area contributed by atoms with Gasteiger partial charge in [0.1, 0.15) is 17.0 Å². The van der Waals surface area contributed by atoms with Gasteiger partial charge in [-0.25, -0.2) is 4.39 Å². The number of hydrogen-bond acceptors (Lipinski definition) is 5. The van der Waals surface area contributed by atoms with Crippen LogP contribution in [-0.2, 0) is 4.79 Å². The smallest absolute Gasteiger partial charge is 0.180 e. The van der Waals surface area contributed by atoms with E-state index in [0.717, 1.165) is 0 Å². The van der Waals surface area contributed by atoms with Gasteiger partial charge in [0.05, 0.1) is 18.7 Å². The second-order valence-electron chi connectivity index (χ2n) is 9.49. The van der Waals surface area contributed by atoms with E-state index in [1.165, 1.54) is 19.1 Å². The molecule has 6 rings (SSSR count). The van der Waals surface area contributed by atoms with Crippen molar-refractivity contribution in [1.82, 2.24) is 0 Å².